The van der Waals surface area contributed by atoms with Crippen LogP contribution < -0.4 is 0 Å². The lowest BCUT2D eigenvalue weighted by Crippen LogP contribution is -1.80. The van der Waals surface area contributed by atoms with Crippen LogP contribution in [0.25, 0.3) is 6.08 Å². The van der Waals surface area contributed by atoms with Crippen molar-refractivity contribution in [3.63, 3.8) is 0 Å². The molecule has 60 valence electrons. The summed E-state index contributed by atoms with van der Waals surface area (Å²) in [4.78, 5) is 3.91. The van der Waals surface area contributed by atoms with Crippen LogP contribution in [0, 0.1) is 11.3 Å². The van der Waals surface area contributed by atoms with Crippen LogP contribution >= 0.6 is 12.6 Å². The number of thiol groups is 1. The van der Waals surface area contributed by atoms with Gasteiger partial charge < -0.3 is 0 Å². The van der Waals surface area contributed by atoms with Gasteiger partial charge in [-0.15, -0.1) is 0 Å². The van der Waals surface area contributed by atoms with Crippen molar-refractivity contribution in [3.05, 3.63) is 35.7 Å². The van der Waals surface area contributed by atoms with Crippen LogP contribution in [-0.4, -0.2) is 10.7 Å². The summed E-state index contributed by atoms with van der Waals surface area (Å²) in [5.41, 5.74) is 1.51. The van der Waals surface area contributed by atoms with E-state index in [1.807, 2.05) is 18.2 Å². The Morgan fingerprint density at radius 2 is 2.42 bits per heavy atom. The Labute approximate surface area is 77.0 Å². The molecule has 1 aromatic heterocycles. The lowest BCUT2D eigenvalue weighted by molar-refractivity contribution is 1.29. The van der Waals surface area contributed by atoms with Crippen LogP contribution in [0.4, 0.5) is 0 Å². The fraction of sp³-hybridized carbons (Fsp3) is 0.111. The van der Waals surface area contributed by atoms with Crippen molar-refractivity contribution < 1.29 is 0 Å². The topological polar surface area (TPSA) is 36.7 Å². The average molecular weight is 176 g/mol. The van der Waals surface area contributed by atoms with Gasteiger partial charge in [0.1, 0.15) is 6.07 Å². The van der Waals surface area contributed by atoms with Crippen LogP contribution in [-0.2, 0) is 0 Å². The second kappa shape index (κ2) is 4.58. The third kappa shape index (κ3) is 2.40. The molecule has 2 nitrogen and oxygen atoms in total. The molecule has 0 aliphatic carbocycles. The van der Waals surface area contributed by atoms with Gasteiger partial charge in [-0.3, -0.25) is 4.98 Å². The zero-order valence-electron chi connectivity index (χ0n) is 6.44. The second-order valence-corrected chi connectivity index (χ2v) is 2.57. The molecule has 0 unspecified atom stereocenters. The average Bonchev–Trinajstić information content (AvgIpc) is 2.15. The lowest BCUT2D eigenvalue weighted by Gasteiger charge is -1.91. The molecule has 0 atom stereocenters. The molecule has 0 aliphatic rings. The molecule has 1 aromatic rings. The molecular weight excluding hydrogens is 168 g/mol. The molecular formula is C9H8N2S. The van der Waals surface area contributed by atoms with E-state index in [1.54, 1.807) is 12.3 Å². The van der Waals surface area contributed by atoms with Gasteiger partial charge in [0.25, 0.3) is 0 Å². The minimum absolute atomic E-state index is 0.580. The molecule has 0 spiro atoms. The van der Waals surface area contributed by atoms with Crippen LogP contribution in [0.3, 0.4) is 0 Å². The minimum Gasteiger partial charge on any atom is -0.263 e. The molecule has 12 heavy (non-hydrogen) atoms. The van der Waals surface area contributed by atoms with Crippen molar-refractivity contribution in [3.8, 4) is 6.07 Å². The zero-order valence-corrected chi connectivity index (χ0v) is 7.33. The molecule has 3 heteroatoms. The standard InChI is InChI=1S/C9H8N2S/c10-5-9-4-8(2-1-3-12)6-11-7-9/h1-2,4,6-7,12H,3H2. The number of hydrogen-bond donors (Lipinski definition) is 1. The van der Waals surface area contributed by atoms with Crippen molar-refractivity contribution >= 4 is 18.7 Å². The number of aromatic nitrogens is 1. The molecule has 0 amide bonds. The monoisotopic (exact) mass is 176 g/mol. The van der Waals surface area contributed by atoms with E-state index in [0.717, 1.165) is 5.56 Å². The summed E-state index contributed by atoms with van der Waals surface area (Å²) < 4.78 is 0. The van der Waals surface area contributed by atoms with E-state index < -0.39 is 0 Å². The summed E-state index contributed by atoms with van der Waals surface area (Å²) in [6.45, 7) is 0. The van der Waals surface area contributed by atoms with Crippen LogP contribution in [0.2, 0.25) is 0 Å². The van der Waals surface area contributed by atoms with E-state index in [1.165, 1.54) is 6.20 Å². The Bertz CT molecular complexity index is 326. The summed E-state index contributed by atoms with van der Waals surface area (Å²) in [5, 5.41) is 8.56. The first kappa shape index (κ1) is 8.82. The Kier molecular flexibility index (Phi) is 3.36. The summed E-state index contributed by atoms with van der Waals surface area (Å²) in [6, 6.07) is 3.81. The first-order valence-corrected chi connectivity index (χ1v) is 4.12. The lowest BCUT2D eigenvalue weighted by atomic mass is 10.2. The maximum atomic E-state index is 8.56. The number of rotatable bonds is 2. The van der Waals surface area contributed by atoms with E-state index >= 15 is 0 Å². The second-order valence-electron chi connectivity index (χ2n) is 2.20. The Hall–Kier alpha value is -1.27. The number of hydrogen-bond acceptors (Lipinski definition) is 3. The summed E-state index contributed by atoms with van der Waals surface area (Å²) in [7, 11) is 0. The van der Waals surface area contributed by atoms with Crippen molar-refractivity contribution in [2.45, 2.75) is 0 Å². The Morgan fingerprint density at radius 3 is 3.08 bits per heavy atom. The maximum absolute atomic E-state index is 8.56. The van der Waals surface area contributed by atoms with Crippen molar-refractivity contribution in [1.82, 2.24) is 4.98 Å². The highest BCUT2D eigenvalue weighted by molar-refractivity contribution is 7.80. The smallest absolute Gasteiger partial charge is 0.101 e. The van der Waals surface area contributed by atoms with Crippen molar-refractivity contribution in [2.24, 2.45) is 0 Å². The predicted molar refractivity (Wildman–Crippen MR) is 51.8 cm³/mol. The fourth-order valence-corrected chi connectivity index (χ4v) is 0.904. The highest BCUT2D eigenvalue weighted by Gasteiger charge is 1.90. The number of pyridine rings is 1. The predicted octanol–water partition coefficient (Wildman–Crippen LogP) is 1.90. The maximum Gasteiger partial charge on any atom is 0.101 e. The van der Waals surface area contributed by atoms with Crippen LogP contribution in [0.15, 0.2) is 24.5 Å². The zero-order chi connectivity index (χ0) is 8.81. The molecule has 0 saturated heterocycles. The molecule has 0 aliphatic heterocycles. The van der Waals surface area contributed by atoms with Gasteiger partial charge in [0.2, 0.25) is 0 Å². The molecule has 0 radical (unpaired) electrons. The number of nitriles is 1. The van der Waals surface area contributed by atoms with Crippen molar-refractivity contribution in [2.75, 3.05) is 5.75 Å². The largest absolute Gasteiger partial charge is 0.263 e. The normalized spacial score (nSPS) is 10.0. The molecule has 0 N–H and O–H groups in total. The fourth-order valence-electron chi connectivity index (χ4n) is 0.799. The molecule has 0 fully saturated rings. The number of nitrogens with zero attached hydrogens (tertiary/aromatic N) is 2. The molecule has 1 rings (SSSR count). The Morgan fingerprint density at radius 1 is 1.58 bits per heavy atom. The molecule has 0 aromatic carbocycles. The van der Waals surface area contributed by atoms with Gasteiger partial charge in [-0.05, 0) is 11.6 Å². The van der Waals surface area contributed by atoms with E-state index in [4.69, 9.17) is 5.26 Å². The molecule has 0 bridgehead atoms. The van der Waals surface area contributed by atoms with E-state index in [-0.39, 0.29) is 0 Å². The highest BCUT2D eigenvalue weighted by Crippen LogP contribution is 2.03. The Balaban J connectivity index is 2.88. The highest BCUT2D eigenvalue weighted by atomic mass is 32.1. The van der Waals surface area contributed by atoms with E-state index in [9.17, 15) is 0 Å². The molecule has 1 heterocycles. The third-order valence-corrected chi connectivity index (χ3v) is 1.52. The summed E-state index contributed by atoms with van der Waals surface area (Å²) >= 11 is 4.03. The first-order chi connectivity index (χ1) is 5.86. The van der Waals surface area contributed by atoms with Gasteiger partial charge in [-0.25, -0.2) is 0 Å². The van der Waals surface area contributed by atoms with Gasteiger partial charge in [0.05, 0.1) is 5.56 Å². The van der Waals surface area contributed by atoms with Gasteiger partial charge >= 0.3 is 0 Å². The minimum atomic E-state index is 0.580. The van der Waals surface area contributed by atoms with E-state index in [2.05, 4.69) is 17.6 Å². The SMILES string of the molecule is N#Cc1cncc(C=CCS)c1. The van der Waals surface area contributed by atoms with Gasteiger partial charge in [-0.1, -0.05) is 12.2 Å². The van der Waals surface area contributed by atoms with Crippen LogP contribution in [0.5, 0.6) is 0 Å². The summed E-state index contributed by atoms with van der Waals surface area (Å²) in [6.07, 6.45) is 7.04. The quantitative estimate of drug-likeness (QED) is 0.699. The molecule has 0 saturated carbocycles. The third-order valence-electron chi connectivity index (χ3n) is 1.30. The van der Waals surface area contributed by atoms with Gasteiger partial charge in [-0.2, -0.15) is 17.9 Å². The summed E-state index contributed by atoms with van der Waals surface area (Å²) in [5.74, 6) is 0.691. The van der Waals surface area contributed by atoms with E-state index in [0.29, 0.717) is 11.3 Å². The van der Waals surface area contributed by atoms with Gasteiger partial charge in [0, 0.05) is 18.1 Å². The van der Waals surface area contributed by atoms with Crippen LogP contribution in [0.1, 0.15) is 11.1 Å². The van der Waals surface area contributed by atoms with Gasteiger partial charge in [0.15, 0.2) is 0 Å². The van der Waals surface area contributed by atoms with Crippen molar-refractivity contribution in [1.29, 1.82) is 5.26 Å². The first-order valence-electron chi connectivity index (χ1n) is 3.49.